The van der Waals surface area contributed by atoms with Gasteiger partial charge in [-0.1, -0.05) is 35.0 Å². The third kappa shape index (κ3) is 3.08. The van der Waals surface area contributed by atoms with Crippen molar-refractivity contribution in [3.63, 3.8) is 0 Å². The van der Waals surface area contributed by atoms with Crippen LogP contribution < -0.4 is 0 Å². The Hall–Kier alpha value is -1.65. The fraction of sp³-hybridized carbons (Fsp3) is 0.438. The average molecular weight is 271 g/mol. The van der Waals surface area contributed by atoms with Crippen LogP contribution in [0.15, 0.2) is 34.9 Å². The van der Waals surface area contributed by atoms with Crippen LogP contribution in [0, 0.1) is 6.92 Å². The van der Waals surface area contributed by atoms with Crippen molar-refractivity contribution >= 4 is 0 Å². The number of aryl methyl sites for hydroxylation is 1. The number of likely N-dealkylation sites (N-methyl/N-ethyl adjacent to an activating group) is 1. The first-order valence-electron chi connectivity index (χ1n) is 7.14. The monoisotopic (exact) mass is 271 g/mol. The third-order valence-electron chi connectivity index (χ3n) is 3.88. The summed E-state index contributed by atoms with van der Waals surface area (Å²) in [5.41, 5.74) is 3.30. The minimum atomic E-state index is 0.854. The van der Waals surface area contributed by atoms with Gasteiger partial charge in [-0.3, -0.25) is 4.90 Å². The maximum Gasteiger partial charge on any atom is 0.151 e. The van der Waals surface area contributed by atoms with E-state index in [1.54, 1.807) is 0 Å². The molecule has 2 heterocycles. The summed E-state index contributed by atoms with van der Waals surface area (Å²) in [6.07, 6.45) is 0. The van der Waals surface area contributed by atoms with Crippen molar-refractivity contribution in [2.24, 2.45) is 0 Å². The van der Waals surface area contributed by atoms with E-state index in [1.165, 1.54) is 5.56 Å². The number of hydrogen-bond acceptors (Lipinski definition) is 4. The minimum Gasteiger partial charge on any atom is -0.359 e. The highest BCUT2D eigenvalue weighted by Crippen LogP contribution is 2.20. The molecule has 3 rings (SSSR count). The van der Waals surface area contributed by atoms with Crippen molar-refractivity contribution in [3.05, 3.63) is 41.7 Å². The van der Waals surface area contributed by atoms with E-state index in [0.717, 1.165) is 49.7 Å². The van der Waals surface area contributed by atoms with Gasteiger partial charge < -0.3 is 9.42 Å². The summed E-state index contributed by atoms with van der Waals surface area (Å²) in [4.78, 5) is 4.77. The molecule has 1 aromatic carbocycles. The van der Waals surface area contributed by atoms with Crippen molar-refractivity contribution in [3.8, 4) is 11.3 Å². The van der Waals surface area contributed by atoms with Gasteiger partial charge >= 0.3 is 0 Å². The Morgan fingerprint density at radius 1 is 1.10 bits per heavy atom. The zero-order valence-electron chi connectivity index (χ0n) is 12.2. The summed E-state index contributed by atoms with van der Waals surface area (Å²) in [6.45, 7) is 7.38. The zero-order valence-corrected chi connectivity index (χ0v) is 12.2. The van der Waals surface area contributed by atoms with Crippen molar-refractivity contribution in [1.29, 1.82) is 0 Å². The molecule has 1 saturated heterocycles. The number of nitrogens with zero attached hydrogens (tertiary/aromatic N) is 3. The maximum absolute atomic E-state index is 5.47. The Balaban J connectivity index is 1.66. The van der Waals surface area contributed by atoms with E-state index in [1.807, 2.05) is 0 Å². The van der Waals surface area contributed by atoms with E-state index in [-0.39, 0.29) is 0 Å². The van der Waals surface area contributed by atoms with E-state index in [4.69, 9.17) is 4.52 Å². The SMILES string of the molecule is Cc1ccc(-c2cc(CN3CCN(C)CC3)on2)cc1. The molecule has 20 heavy (non-hydrogen) atoms. The summed E-state index contributed by atoms with van der Waals surface area (Å²) >= 11 is 0. The highest BCUT2D eigenvalue weighted by Gasteiger charge is 2.16. The van der Waals surface area contributed by atoms with Crippen molar-refractivity contribution in [2.75, 3.05) is 33.2 Å². The Morgan fingerprint density at radius 2 is 1.80 bits per heavy atom. The molecule has 0 radical (unpaired) electrons. The van der Waals surface area contributed by atoms with Crippen LogP contribution in [0.4, 0.5) is 0 Å². The minimum absolute atomic E-state index is 0.854. The van der Waals surface area contributed by atoms with Gasteiger partial charge in [0.1, 0.15) is 5.69 Å². The third-order valence-corrected chi connectivity index (χ3v) is 3.88. The number of hydrogen-bond donors (Lipinski definition) is 0. The molecular weight excluding hydrogens is 250 g/mol. The summed E-state index contributed by atoms with van der Waals surface area (Å²) in [6, 6.07) is 10.4. The van der Waals surface area contributed by atoms with Gasteiger partial charge in [0.05, 0.1) is 6.54 Å². The van der Waals surface area contributed by atoms with E-state index in [0.29, 0.717) is 0 Å². The summed E-state index contributed by atoms with van der Waals surface area (Å²) in [5.74, 6) is 0.949. The molecule has 1 aliphatic rings. The van der Waals surface area contributed by atoms with Gasteiger partial charge in [-0.2, -0.15) is 0 Å². The molecule has 0 spiro atoms. The standard InChI is InChI=1S/C16H21N3O/c1-13-3-5-14(6-4-13)16-11-15(20-17-16)12-19-9-7-18(2)8-10-19/h3-6,11H,7-10,12H2,1-2H3. The number of rotatable bonds is 3. The normalized spacial score (nSPS) is 17.5. The molecule has 4 nitrogen and oxygen atoms in total. The van der Waals surface area contributed by atoms with Crippen LogP contribution in [-0.4, -0.2) is 48.2 Å². The molecule has 0 saturated carbocycles. The number of aromatic nitrogens is 1. The first-order chi connectivity index (χ1) is 9.70. The second kappa shape index (κ2) is 5.77. The lowest BCUT2D eigenvalue weighted by Crippen LogP contribution is -2.43. The summed E-state index contributed by atoms with van der Waals surface area (Å²) in [5, 5.41) is 4.18. The Kier molecular flexibility index (Phi) is 3.85. The predicted octanol–water partition coefficient (Wildman–Crippen LogP) is 2.40. The van der Waals surface area contributed by atoms with E-state index < -0.39 is 0 Å². The molecule has 106 valence electrons. The van der Waals surface area contributed by atoms with Crippen molar-refractivity contribution < 1.29 is 4.52 Å². The topological polar surface area (TPSA) is 32.5 Å². The van der Waals surface area contributed by atoms with Crippen LogP contribution in [0.2, 0.25) is 0 Å². The van der Waals surface area contributed by atoms with E-state index >= 15 is 0 Å². The predicted molar refractivity (Wildman–Crippen MR) is 79.5 cm³/mol. The molecule has 0 bridgehead atoms. The lowest BCUT2D eigenvalue weighted by Gasteiger charge is -2.31. The van der Waals surface area contributed by atoms with Crippen LogP contribution in [0.5, 0.6) is 0 Å². The fourth-order valence-electron chi connectivity index (χ4n) is 2.47. The molecule has 1 aromatic heterocycles. The van der Waals surface area contributed by atoms with Crippen molar-refractivity contribution in [1.82, 2.24) is 15.0 Å². The van der Waals surface area contributed by atoms with Gasteiger partial charge in [0.15, 0.2) is 5.76 Å². The molecule has 4 heteroatoms. The van der Waals surface area contributed by atoms with Gasteiger partial charge in [0.25, 0.3) is 0 Å². The lowest BCUT2D eigenvalue weighted by molar-refractivity contribution is 0.137. The first-order valence-corrected chi connectivity index (χ1v) is 7.14. The average Bonchev–Trinajstić information content (AvgIpc) is 2.91. The van der Waals surface area contributed by atoms with Crippen LogP contribution in [0.3, 0.4) is 0 Å². The number of benzene rings is 1. The molecule has 0 N–H and O–H groups in total. The lowest BCUT2D eigenvalue weighted by atomic mass is 10.1. The van der Waals surface area contributed by atoms with Crippen LogP contribution >= 0.6 is 0 Å². The Bertz CT molecular complexity index is 553. The highest BCUT2D eigenvalue weighted by atomic mass is 16.5. The maximum atomic E-state index is 5.47. The van der Waals surface area contributed by atoms with Crippen LogP contribution in [-0.2, 0) is 6.54 Å². The van der Waals surface area contributed by atoms with Crippen LogP contribution in [0.25, 0.3) is 11.3 Å². The smallest absolute Gasteiger partial charge is 0.151 e. The van der Waals surface area contributed by atoms with Gasteiger partial charge in [0, 0.05) is 37.8 Å². The second-order valence-electron chi connectivity index (χ2n) is 5.62. The zero-order chi connectivity index (χ0) is 13.9. The second-order valence-corrected chi connectivity index (χ2v) is 5.62. The largest absolute Gasteiger partial charge is 0.359 e. The van der Waals surface area contributed by atoms with E-state index in [2.05, 4.69) is 59.3 Å². The van der Waals surface area contributed by atoms with Gasteiger partial charge in [0.2, 0.25) is 0 Å². The fourth-order valence-corrected chi connectivity index (χ4v) is 2.47. The summed E-state index contributed by atoms with van der Waals surface area (Å²) in [7, 11) is 2.17. The molecule has 0 amide bonds. The molecule has 0 aliphatic carbocycles. The molecule has 1 aliphatic heterocycles. The van der Waals surface area contributed by atoms with Gasteiger partial charge in [-0.25, -0.2) is 0 Å². The molecular formula is C16H21N3O. The van der Waals surface area contributed by atoms with Crippen LogP contribution in [0.1, 0.15) is 11.3 Å². The quantitative estimate of drug-likeness (QED) is 0.858. The Morgan fingerprint density at radius 3 is 2.50 bits per heavy atom. The van der Waals surface area contributed by atoms with Crippen molar-refractivity contribution in [2.45, 2.75) is 13.5 Å². The summed E-state index contributed by atoms with van der Waals surface area (Å²) < 4.78 is 5.47. The highest BCUT2D eigenvalue weighted by molar-refractivity contribution is 5.59. The molecule has 0 atom stereocenters. The Labute approximate surface area is 120 Å². The molecule has 1 fully saturated rings. The van der Waals surface area contributed by atoms with E-state index in [9.17, 15) is 0 Å². The number of piperazine rings is 1. The molecule has 2 aromatic rings. The first kappa shape index (κ1) is 13.3. The van der Waals surface area contributed by atoms with Gasteiger partial charge in [-0.05, 0) is 14.0 Å². The van der Waals surface area contributed by atoms with Gasteiger partial charge in [-0.15, -0.1) is 0 Å². The molecule has 0 unspecified atom stereocenters.